The van der Waals surface area contributed by atoms with Crippen molar-refractivity contribution in [2.45, 2.75) is 44.2 Å². The first-order valence-electron chi connectivity index (χ1n) is 6.82. The van der Waals surface area contributed by atoms with E-state index in [9.17, 15) is 14.7 Å². The average Bonchev–Trinajstić information content (AvgIpc) is 2.81. The van der Waals surface area contributed by atoms with Crippen molar-refractivity contribution in [3.05, 3.63) is 0 Å². The number of hydrogen-bond acceptors (Lipinski definition) is 3. The Morgan fingerprint density at radius 1 is 1.32 bits per heavy atom. The number of ether oxygens (including phenoxy) is 1. The Balaban J connectivity index is 2.08. The number of carbonyl (C=O) groups is 2. The average molecular weight is 270 g/mol. The Hall–Kier alpha value is -1.30. The SMILES string of the molecule is COC1CCCN(C(=O)N2CCCC2(C)C(=O)O)C1. The van der Waals surface area contributed by atoms with E-state index >= 15 is 0 Å². The highest BCUT2D eigenvalue weighted by Crippen LogP contribution is 2.31. The molecule has 0 aromatic rings. The molecule has 2 aliphatic heterocycles. The molecule has 19 heavy (non-hydrogen) atoms. The van der Waals surface area contributed by atoms with E-state index in [0.717, 1.165) is 19.3 Å². The molecule has 2 heterocycles. The van der Waals surface area contributed by atoms with Gasteiger partial charge in [-0.25, -0.2) is 9.59 Å². The van der Waals surface area contributed by atoms with Crippen LogP contribution in [0.2, 0.25) is 0 Å². The maximum Gasteiger partial charge on any atom is 0.329 e. The lowest BCUT2D eigenvalue weighted by molar-refractivity contribution is -0.147. The van der Waals surface area contributed by atoms with E-state index in [-0.39, 0.29) is 12.1 Å². The van der Waals surface area contributed by atoms with Crippen molar-refractivity contribution in [1.82, 2.24) is 9.80 Å². The van der Waals surface area contributed by atoms with Crippen molar-refractivity contribution in [3.63, 3.8) is 0 Å². The number of aliphatic carboxylic acids is 1. The number of rotatable bonds is 2. The van der Waals surface area contributed by atoms with Crippen molar-refractivity contribution in [1.29, 1.82) is 0 Å². The minimum Gasteiger partial charge on any atom is -0.480 e. The van der Waals surface area contributed by atoms with Gasteiger partial charge < -0.3 is 19.6 Å². The summed E-state index contributed by atoms with van der Waals surface area (Å²) in [5.41, 5.74) is -1.06. The fourth-order valence-corrected chi connectivity index (χ4v) is 2.97. The van der Waals surface area contributed by atoms with E-state index in [1.54, 1.807) is 18.9 Å². The van der Waals surface area contributed by atoms with E-state index < -0.39 is 11.5 Å². The Morgan fingerprint density at radius 2 is 2.05 bits per heavy atom. The minimum absolute atomic E-state index is 0.0661. The van der Waals surface area contributed by atoms with Gasteiger partial charge in [0, 0.05) is 26.7 Å². The number of urea groups is 1. The lowest BCUT2D eigenvalue weighted by Crippen LogP contribution is -2.57. The number of nitrogens with zero attached hydrogens (tertiary/aromatic N) is 2. The molecule has 0 bridgehead atoms. The third kappa shape index (κ3) is 2.54. The van der Waals surface area contributed by atoms with Gasteiger partial charge in [0.2, 0.25) is 0 Å². The number of likely N-dealkylation sites (tertiary alicyclic amines) is 2. The van der Waals surface area contributed by atoms with Gasteiger partial charge >= 0.3 is 12.0 Å². The highest BCUT2D eigenvalue weighted by molar-refractivity contribution is 5.86. The summed E-state index contributed by atoms with van der Waals surface area (Å²) in [6, 6.07) is -0.163. The molecule has 2 atom stereocenters. The lowest BCUT2D eigenvalue weighted by Gasteiger charge is -2.39. The van der Waals surface area contributed by atoms with Gasteiger partial charge in [0.1, 0.15) is 5.54 Å². The third-order valence-corrected chi connectivity index (χ3v) is 4.31. The van der Waals surface area contributed by atoms with Gasteiger partial charge in [-0.15, -0.1) is 0 Å². The second kappa shape index (κ2) is 5.36. The molecule has 2 fully saturated rings. The highest BCUT2D eigenvalue weighted by Gasteiger charge is 2.47. The predicted molar refractivity (Wildman–Crippen MR) is 69.0 cm³/mol. The molecular weight excluding hydrogens is 248 g/mol. The van der Waals surface area contributed by atoms with Crippen molar-refractivity contribution in [2.75, 3.05) is 26.7 Å². The van der Waals surface area contributed by atoms with Crippen LogP contribution in [0.1, 0.15) is 32.6 Å². The minimum atomic E-state index is -1.06. The number of amides is 2. The quantitative estimate of drug-likeness (QED) is 0.817. The summed E-state index contributed by atoms with van der Waals surface area (Å²) < 4.78 is 5.30. The molecule has 2 unspecified atom stereocenters. The van der Waals surface area contributed by atoms with Crippen molar-refractivity contribution < 1.29 is 19.4 Å². The number of piperidine rings is 1. The number of hydrogen-bond donors (Lipinski definition) is 1. The highest BCUT2D eigenvalue weighted by atomic mass is 16.5. The van der Waals surface area contributed by atoms with E-state index in [1.807, 2.05) is 0 Å². The standard InChI is InChI=1S/C13H22N2O4/c1-13(11(16)17)6-4-8-15(13)12(18)14-7-3-5-10(9-14)19-2/h10H,3-9H2,1-2H3,(H,16,17). The Kier molecular flexibility index (Phi) is 3.99. The molecule has 2 amide bonds. The van der Waals surface area contributed by atoms with Crippen LogP contribution in [0.15, 0.2) is 0 Å². The molecule has 0 aromatic heterocycles. The van der Waals surface area contributed by atoms with Crippen LogP contribution in [0.4, 0.5) is 4.79 Å². The van der Waals surface area contributed by atoms with Crippen molar-refractivity contribution in [2.24, 2.45) is 0 Å². The summed E-state index contributed by atoms with van der Waals surface area (Å²) in [6.07, 6.45) is 3.20. The Bertz CT molecular complexity index is 374. The summed E-state index contributed by atoms with van der Waals surface area (Å²) in [4.78, 5) is 27.2. The van der Waals surface area contributed by atoms with Crippen LogP contribution in [-0.2, 0) is 9.53 Å². The second-order valence-corrected chi connectivity index (χ2v) is 5.56. The molecule has 6 heteroatoms. The molecule has 2 aliphatic rings. The zero-order valence-electron chi connectivity index (χ0n) is 11.6. The van der Waals surface area contributed by atoms with Gasteiger partial charge in [0.05, 0.1) is 6.10 Å². The molecule has 0 aromatic carbocycles. The molecule has 2 saturated heterocycles. The van der Waals surface area contributed by atoms with Crippen molar-refractivity contribution in [3.8, 4) is 0 Å². The van der Waals surface area contributed by atoms with E-state index in [0.29, 0.717) is 26.1 Å². The lowest BCUT2D eigenvalue weighted by atomic mass is 9.99. The van der Waals surface area contributed by atoms with Gasteiger partial charge in [-0.2, -0.15) is 0 Å². The van der Waals surface area contributed by atoms with Crippen LogP contribution in [0.25, 0.3) is 0 Å². The monoisotopic (exact) mass is 270 g/mol. The summed E-state index contributed by atoms with van der Waals surface area (Å²) >= 11 is 0. The molecule has 108 valence electrons. The smallest absolute Gasteiger partial charge is 0.329 e. The number of carboxylic acid groups (broad SMARTS) is 1. The molecule has 0 aliphatic carbocycles. The van der Waals surface area contributed by atoms with Gasteiger partial charge in [-0.05, 0) is 32.6 Å². The van der Waals surface area contributed by atoms with E-state index in [2.05, 4.69) is 0 Å². The maximum atomic E-state index is 12.5. The molecule has 1 N–H and O–H groups in total. The van der Waals surface area contributed by atoms with E-state index in [4.69, 9.17) is 4.74 Å². The van der Waals surface area contributed by atoms with Gasteiger partial charge in [-0.1, -0.05) is 0 Å². The normalized spacial score (nSPS) is 31.6. The van der Waals surface area contributed by atoms with Gasteiger partial charge in [0.25, 0.3) is 0 Å². The van der Waals surface area contributed by atoms with Crippen molar-refractivity contribution >= 4 is 12.0 Å². The maximum absolute atomic E-state index is 12.5. The van der Waals surface area contributed by atoms with E-state index in [1.165, 1.54) is 4.90 Å². The van der Waals surface area contributed by atoms with Crippen LogP contribution in [-0.4, -0.2) is 65.3 Å². The van der Waals surface area contributed by atoms with Gasteiger partial charge in [0.15, 0.2) is 0 Å². The summed E-state index contributed by atoms with van der Waals surface area (Å²) in [5, 5.41) is 9.35. The first kappa shape index (κ1) is 14.1. The number of carboxylic acids is 1. The molecule has 0 radical (unpaired) electrons. The molecular formula is C13H22N2O4. The largest absolute Gasteiger partial charge is 0.480 e. The second-order valence-electron chi connectivity index (χ2n) is 5.56. The van der Waals surface area contributed by atoms with Crippen LogP contribution in [0.5, 0.6) is 0 Å². The molecule has 2 rings (SSSR count). The number of methoxy groups -OCH3 is 1. The van der Waals surface area contributed by atoms with Crippen LogP contribution >= 0.6 is 0 Å². The van der Waals surface area contributed by atoms with Crippen LogP contribution in [0.3, 0.4) is 0 Å². The Labute approximate surface area is 113 Å². The zero-order chi connectivity index (χ0) is 14.0. The van der Waals surface area contributed by atoms with Crippen LogP contribution in [0, 0.1) is 0 Å². The van der Waals surface area contributed by atoms with Crippen LogP contribution < -0.4 is 0 Å². The molecule has 6 nitrogen and oxygen atoms in total. The van der Waals surface area contributed by atoms with Gasteiger partial charge in [-0.3, -0.25) is 0 Å². The fraction of sp³-hybridized carbons (Fsp3) is 0.846. The summed E-state index contributed by atoms with van der Waals surface area (Å²) in [7, 11) is 1.65. The molecule has 0 spiro atoms. The number of carbonyl (C=O) groups excluding carboxylic acids is 1. The topological polar surface area (TPSA) is 70.1 Å². The summed E-state index contributed by atoms with van der Waals surface area (Å²) in [6.45, 7) is 3.40. The first-order chi connectivity index (χ1) is 8.99. The predicted octanol–water partition coefficient (Wildman–Crippen LogP) is 1.16. The first-order valence-corrected chi connectivity index (χ1v) is 6.82. The third-order valence-electron chi connectivity index (χ3n) is 4.31. The summed E-state index contributed by atoms with van der Waals surface area (Å²) in [5.74, 6) is -0.918. The fourth-order valence-electron chi connectivity index (χ4n) is 2.97. The molecule has 0 saturated carbocycles. The Morgan fingerprint density at radius 3 is 2.68 bits per heavy atom. The zero-order valence-corrected chi connectivity index (χ0v) is 11.6.